The Morgan fingerprint density at radius 1 is 1.06 bits per heavy atom. The number of piperazine rings is 1. The van der Waals surface area contributed by atoms with Gasteiger partial charge >= 0.3 is 5.97 Å². The number of halogens is 1. The van der Waals surface area contributed by atoms with Crippen LogP contribution in [0.25, 0.3) is 0 Å². The Kier molecular flexibility index (Phi) is 9.80. The van der Waals surface area contributed by atoms with Crippen LogP contribution in [0.2, 0.25) is 0 Å². The van der Waals surface area contributed by atoms with E-state index in [-0.39, 0.29) is 56.0 Å². The lowest BCUT2D eigenvalue weighted by Gasteiger charge is -2.39. The van der Waals surface area contributed by atoms with Crippen molar-refractivity contribution in [2.45, 2.75) is 64.3 Å². The highest BCUT2D eigenvalue weighted by molar-refractivity contribution is 7.59. The predicted molar refractivity (Wildman–Crippen MR) is 149 cm³/mol. The van der Waals surface area contributed by atoms with Crippen LogP contribution in [0.15, 0.2) is 35.5 Å². The van der Waals surface area contributed by atoms with E-state index in [4.69, 9.17) is 4.74 Å². The van der Waals surface area contributed by atoms with Gasteiger partial charge in [0.2, 0.25) is 5.91 Å². The molecule has 36 heavy (non-hydrogen) atoms. The Hall–Kier alpha value is -1.71. The molecule has 2 atom stereocenters. The Morgan fingerprint density at radius 3 is 2.39 bits per heavy atom. The molecule has 0 radical (unpaired) electrons. The highest BCUT2D eigenvalue weighted by Crippen LogP contribution is 2.57. The van der Waals surface area contributed by atoms with Crippen molar-refractivity contribution >= 4 is 44.6 Å². The molecule has 1 aromatic carbocycles. The minimum atomic E-state index is -0.257. The Bertz CT molecular complexity index is 960. The summed E-state index contributed by atoms with van der Waals surface area (Å²) in [6, 6.07) is 7.14. The van der Waals surface area contributed by atoms with Crippen molar-refractivity contribution in [3.63, 3.8) is 0 Å². The molecular weight excluding hydrogens is 497 g/mol. The van der Waals surface area contributed by atoms with Crippen LogP contribution in [0.1, 0.15) is 58.3 Å². The number of anilines is 1. The van der Waals surface area contributed by atoms with E-state index < -0.39 is 0 Å². The van der Waals surface area contributed by atoms with Crippen molar-refractivity contribution < 1.29 is 18.7 Å². The Morgan fingerprint density at radius 2 is 1.75 bits per heavy atom. The normalized spacial score (nSPS) is 25.1. The third-order valence-electron chi connectivity index (χ3n) is 8.37. The van der Waals surface area contributed by atoms with E-state index in [9.17, 15) is 14.0 Å². The molecule has 1 saturated heterocycles. The van der Waals surface area contributed by atoms with Crippen LogP contribution < -0.4 is 10.2 Å². The lowest BCUT2D eigenvalue weighted by Crippen LogP contribution is -2.50. The first-order valence-corrected chi connectivity index (χ1v) is 12.9. The third-order valence-corrected chi connectivity index (χ3v) is 8.37. The first kappa shape index (κ1) is 28.9. The zero-order chi connectivity index (χ0) is 23.7. The molecule has 3 fully saturated rings. The average molecular weight is 538 g/mol. The molecule has 1 spiro atoms. The number of ether oxygens (including phenoxy) is 1. The highest BCUT2D eigenvalue weighted by Gasteiger charge is 2.47. The van der Waals surface area contributed by atoms with E-state index >= 15 is 0 Å². The Balaban J connectivity index is 0.00000180. The monoisotopic (exact) mass is 537 g/mol. The van der Waals surface area contributed by atoms with Gasteiger partial charge in [-0.25, -0.2) is 9.18 Å². The van der Waals surface area contributed by atoms with Crippen molar-refractivity contribution in [2.24, 2.45) is 11.3 Å². The van der Waals surface area contributed by atoms with Gasteiger partial charge in [0.05, 0.1) is 12.2 Å². The largest absolute Gasteiger partial charge is 0.463 e. The number of allylic oxidation sites excluding steroid dienone is 1. The average Bonchev–Trinajstić information content (AvgIpc) is 3.40. The minimum Gasteiger partial charge on any atom is -0.463 e. The smallest absolute Gasteiger partial charge is 0.335 e. The van der Waals surface area contributed by atoms with Gasteiger partial charge in [-0.2, -0.15) is 27.0 Å². The van der Waals surface area contributed by atoms with Crippen LogP contribution in [0, 0.1) is 17.2 Å². The molecule has 5 rings (SSSR count). The van der Waals surface area contributed by atoms with Crippen molar-refractivity contribution in [2.75, 3.05) is 37.7 Å². The number of hydrogen-bond acceptors (Lipinski definition) is 5. The number of rotatable bonds is 6. The first-order chi connectivity index (χ1) is 16.5. The molecule has 9 heteroatoms. The fraction of sp³-hybridized carbons (Fsp3) is 0.630. The molecule has 2 saturated carbocycles. The van der Waals surface area contributed by atoms with Crippen molar-refractivity contribution in [1.82, 2.24) is 10.2 Å². The van der Waals surface area contributed by atoms with Gasteiger partial charge in [-0.3, -0.25) is 9.69 Å². The first-order valence-electron chi connectivity index (χ1n) is 12.9. The summed E-state index contributed by atoms with van der Waals surface area (Å²) < 4.78 is 18.5. The zero-order valence-corrected chi connectivity index (χ0v) is 23.2. The second-order valence-electron chi connectivity index (χ2n) is 10.5. The summed E-state index contributed by atoms with van der Waals surface area (Å²) >= 11 is 0. The molecule has 1 amide bonds. The molecule has 6 nitrogen and oxygen atoms in total. The van der Waals surface area contributed by atoms with Gasteiger partial charge in [0.25, 0.3) is 0 Å². The van der Waals surface area contributed by atoms with Gasteiger partial charge < -0.3 is 15.0 Å². The van der Waals surface area contributed by atoms with Gasteiger partial charge in [-0.05, 0) is 88.0 Å². The molecular formula is C27H40FN3O3S2. The van der Waals surface area contributed by atoms with Gasteiger partial charge in [-0.15, -0.1) is 0 Å². The summed E-state index contributed by atoms with van der Waals surface area (Å²) in [5.41, 5.74) is 2.85. The van der Waals surface area contributed by atoms with Crippen molar-refractivity contribution in [1.29, 1.82) is 0 Å². The van der Waals surface area contributed by atoms with Gasteiger partial charge in [-0.1, -0.05) is 0 Å². The molecule has 0 aromatic heterocycles. The molecule has 1 aliphatic heterocycles. The van der Waals surface area contributed by atoms with E-state index in [1.807, 2.05) is 19.1 Å². The number of carbonyl (C=O) groups excluding carboxylic acids is 2. The van der Waals surface area contributed by atoms with Gasteiger partial charge in [0, 0.05) is 49.5 Å². The summed E-state index contributed by atoms with van der Waals surface area (Å²) in [6.45, 7) is 5.92. The minimum absolute atomic E-state index is 0. The van der Waals surface area contributed by atoms with Gasteiger partial charge in [0.15, 0.2) is 0 Å². The molecule has 0 unspecified atom stereocenters. The summed E-state index contributed by atoms with van der Waals surface area (Å²) in [5.74, 6) is -0.404. The zero-order valence-electron chi connectivity index (χ0n) is 21.2. The third kappa shape index (κ3) is 6.40. The second-order valence-corrected chi connectivity index (χ2v) is 10.5. The van der Waals surface area contributed by atoms with E-state index in [1.165, 1.54) is 25.0 Å². The summed E-state index contributed by atoms with van der Waals surface area (Å²) in [7, 11) is 0. The second kappa shape index (κ2) is 12.2. The molecule has 0 bridgehead atoms. The van der Waals surface area contributed by atoms with Crippen LogP contribution in [-0.4, -0.2) is 55.6 Å². The van der Waals surface area contributed by atoms with Crippen molar-refractivity contribution in [3.8, 4) is 0 Å². The van der Waals surface area contributed by atoms with Crippen LogP contribution >= 0.6 is 27.0 Å². The number of esters is 1. The number of nitrogens with one attached hydrogen (secondary N) is 1. The van der Waals surface area contributed by atoms with Crippen LogP contribution in [0.4, 0.5) is 10.1 Å². The molecule has 1 heterocycles. The number of carbonyl (C=O) groups is 2. The fourth-order valence-electron chi connectivity index (χ4n) is 6.04. The number of nitrogens with zero attached hydrogens (tertiary/aromatic N) is 2. The van der Waals surface area contributed by atoms with E-state index in [1.54, 1.807) is 0 Å². The predicted octanol–water partition coefficient (Wildman–Crippen LogP) is 4.24. The summed E-state index contributed by atoms with van der Waals surface area (Å²) in [4.78, 5) is 30.5. The lowest BCUT2D eigenvalue weighted by molar-refractivity contribution is -0.139. The van der Waals surface area contributed by atoms with Crippen LogP contribution in [0.5, 0.6) is 0 Å². The standard InChI is InChI=1S/C27H36FN3O3.2H2S/c1-2-34-26(33)23-18-27(11-12-27)10-9-24(23)29-25(32)19-3-6-22(17-19)31-15-13-30(14-16-31)21-7-4-20(28)5-8-21;;/h4-5,7-8,19,22H,2-3,6,9-18H2,1H3,(H,29,32);2*1H2/t19-,22-;;/m0../s1. The van der Waals surface area contributed by atoms with E-state index in [0.29, 0.717) is 18.2 Å². The van der Waals surface area contributed by atoms with Crippen molar-refractivity contribution in [3.05, 3.63) is 41.4 Å². The SMILES string of the molecule is CCOC(=O)C1=C(NC(=O)[C@H]2CC[C@H](N3CCN(c4ccc(F)cc4)CC3)C2)CCC2(CC2)C1.S.S. The summed E-state index contributed by atoms with van der Waals surface area (Å²) in [6.07, 6.45) is 7.70. The van der Waals surface area contributed by atoms with E-state index in [0.717, 1.165) is 76.1 Å². The topological polar surface area (TPSA) is 61.9 Å². The number of hydrogen-bond donors (Lipinski definition) is 1. The maximum Gasteiger partial charge on any atom is 0.335 e. The highest BCUT2D eigenvalue weighted by atomic mass is 32.1. The maximum atomic E-state index is 13.2. The fourth-order valence-corrected chi connectivity index (χ4v) is 6.04. The lowest BCUT2D eigenvalue weighted by atomic mass is 9.83. The molecule has 1 N–H and O–H groups in total. The quantitative estimate of drug-likeness (QED) is 0.550. The van der Waals surface area contributed by atoms with Gasteiger partial charge in [0.1, 0.15) is 5.82 Å². The Labute approximate surface area is 227 Å². The molecule has 200 valence electrons. The van der Waals surface area contributed by atoms with Crippen LogP contribution in [-0.2, 0) is 14.3 Å². The maximum absolute atomic E-state index is 13.2. The molecule has 4 aliphatic rings. The number of amides is 1. The summed E-state index contributed by atoms with van der Waals surface area (Å²) in [5, 5.41) is 3.15. The number of benzene rings is 1. The van der Waals surface area contributed by atoms with E-state index in [2.05, 4.69) is 15.1 Å². The molecule has 3 aliphatic carbocycles. The van der Waals surface area contributed by atoms with Crippen LogP contribution in [0.3, 0.4) is 0 Å². The molecule has 1 aromatic rings.